The first kappa shape index (κ1) is 21.0. The molecule has 32 heavy (non-hydrogen) atoms. The third-order valence-electron chi connectivity index (χ3n) is 7.18. The van der Waals surface area contributed by atoms with Gasteiger partial charge in [-0.15, -0.1) is 0 Å². The summed E-state index contributed by atoms with van der Waals surface area (Å²) in [4.78, 5) is 11.8. The van der Waals surface area contributed by atoms with E-state index in [1.165, 1.54) is 58.0 Å². The van der Waals surface area contributed by atoms with Gasteiger partial charge in [-0.1, -0.05) is 12.5 Å². The number of fused-ring (bicyclic) bond motifs is 1. The Bertz CT molecular complexity index is 996. The van der Waals surface area contributed by atoms with E-state index in [1.807, 2.05) is 12.1 Å². The zero-order valence-electron chi connectivity index (χ0n) is 18.8. The van der Waals surface area contributed by atoms with Crippen molar-refractivity contribution < 1.29 is 4.74 Å². The molecule has 7 heteroatoms. The summed E-state index contributed by atoms with van der Waals surface area (Å²) >= 11 is 0. The van der Waals surface area contributed by atoms with Crippen LogP contribution in [0.25, 0.3) is 0 Å². The lowest BCUT2D eigenvalue weighted by molar-refractivity contribution is 0.0649. The SMILES string of the molecule is COc1cnc(Nc2ccc(C3CC3)c(C#N)c2)nc1NC[C@@H]1CCCN2CCCC[C@H]12. The predicted octanol–water partition coefficient (Wildman–Crippen LogP) is 4.65. The second-order valence-corrected chi connectivity index (χ2v) is 9.31. The molecular weight excluding hydrogens is 400 g/mol. The summed E-state index contributed by atoms with van der Waals surface area (Å²) < 4.78 is 5.51. The Morgan fingerprint density at radius 3 is 2.84 bits per heavy atom. The molecule has 5 rings (SSSR count). The van der Waals surface area contributed by atoms with Crippen molar-refractivity contribution in [2.75, 3.05) is 37.4 Å². The zero-order valence-corrected chi connectivity index (χ0v) is 18.8. The van der Waals surface area contributed by atoms with Gasteiger partial charge in [-0.2, -0.15) is 10.2 Å². The highest BCUT2D eigenvalue weighted by molar-refractivity contribution is 5.61. The summed E-state index contributed by atoms with van der Waals surface area (Å²) in [5.41, 5.74) is 2.71. The van der Waals surface area contributed by atoms with Crippen LogP contribution in [0.1, 0.15) is 62.0 Å². The summed E-state index contributed by atoms with van der Waals surface area (Å²) in [6.07, 6.45) is 10.6. The first-order valence-corrected chi connectivity index (χ1v) is 11.9. The molecule has 2 aliphatic heterocycles. The number of methoxy groups -OCH3 is 1. The summed E-state index contributed by atoms with van der Waals surface area (Å²) in [5.74, 6) is 3.04. The van der Waals surface area contributed by atoms with Gasteiger partial charge in [0.2, 0.25) is 5.95 Å². The van der Waals surface area contributed by atoms with Gasteiger partial charge in [-0.25, -0.2) is 4.98 Å². The predicted molar refractivity (Wildman–Crippen MR) is 125 cm³/mol. The van der Waals surface area contributed by atoms with Gasteiger partial charge in [-0.3, -0.25) is 0 Å². The first-order chi connectivity index (χ1) is 15.7. The van der Waals surface area contributed by atoms with Gasteiger partial charge in [0.15, 0.2) is 11.6 Å². The number of benzene rings is 1. The molecule has 1 aromatic heterocycles. The van der Waals surface area contributed by atoms with E-state index in [1.54, 1.807) is 13.3 Å². The number of hydrogen-bond donors (Lipinski definition) is 2. The number of rotatable bonds is 7. The number of nitriles is 1. The minimum absolute atomic E-state index is 0.499. The summed E-state index contributed by atoms with van der Waals surface area (Å²) in [6.45, 7) is 3.38. The smallest absolute Gasteiger partial charge is 0.229 e. The number of nitrogens with zero attached hydrogens (tertiary/aromatic N) is 4. The molecule has 1 saturated carbocycles. The fourth-order valence-electron chi connectivity index (χ4n) is 5.36. The van der Waals surface area contributed by atoms with E-state index in [4.69, 9.17) is 9.72 Å². The van der Waals surface area contributed by atoms with E-state index in [9.17, 15) is 5.26 Å². The maximum atomic E-state index is 9.54. The second kappa shape index (κ2) is 9.33. The van der Waals surface area contributed by atoms with Crippen LogP contribution in [0, 0.1) is 17.2 Å². The molecular formula is C25H32N6O. The van der Waals surface area contributed by atoms with Gasteiger partial charge in [-0.05, 0) is 81.1 Å². The molecule has 2 aromatic rings. The molecule has 0 bridgehead atoms. The van der Waals surface area contributed by atoms with Gasteiger partial charge in [0.05, 0.1) is 24.9 Å². The summed E-state index contributed by atoms with van der Waals surface area (Å²) in [6, 6.07) is 8.98. The van der Waals surface area contributed by atoms with Crippen LogP contribution >= 0.6 is 0 Å². The maximum absolute atomic E-state index is 9.54. The molecule has 0 unspecified atom stereocenters. The number of nitrogens with one attached hydrogen (secondary N) is 2. The van der Waals surface area contributed by atoms with E-state index in [-0.39, 0.29) is 0 Å². The molecule has 0 spiro atoms. The summed E-state index contributed by atoms with van der Waals surface area (Å²) in [7, 11) is 1.65. The Morgan fingerprint density at radius 1 is 1.16 bits per heavy atom. The molecule has 2 saturated heterocycles. The molecule has 2 N–H and O–H groups in total. The Labute approximate surface area is 190 Å². The number of aromatic nitrogens is 2. The maximum Gasteiger partial charge on any atom is 0.229 e. The van der Waals surface area contributed by atoms with Crippen LogP contribution in [0.15, 0.2) is 24.4 Å². The lowest BCUT2D eigenvalue weighted by atomic mass is 9.83. The van der Waals surface area contributed by atoms with Crippen LogP contribution < -0.4 is 15.4 Å². The molecule has 0 amide bonds. The number of ether oxygens (including phenoxy) is 1. The third-order valence-corrected chi connectivity index (χ3v) is 7.18. The minimum Gasteiger partial charge on any atom is -0.491 e. The molecule has 3 fully saturated rings. The quantitative estimate of drug-likeness (QED) is 0.658. The van der Waals surface area contributed by atoms with Crippen molar-refractivity contribution >= 4 is 17.5 Å². The van der Waals surface area contributed by atoms with Gasteiger partial charge in [0.25, 0.3) is 0 Å². The minimum atomic E-state index is 0.499. The monoisotopic (exact) mass is 432 g/mol. The largest absolute Gasteiger partial charge is 0.491 e. The highest BCUT2D eigenvalue weighted by atomic mass is 16.5. The normalized spacial score (nSPS) is 23.1. The van der Waals surface area contributed by atoms with Gasteiger partial charge >= 0.3 is 0 Å². The fraction of sp³-hybridized carbons (Fsp3) is 0.560. The van der Waals surface area contributed by atoms with Gasteiger partial charge < -0.3 is 20.3 Å². The van der Waals surface area contributed by atoms with E-state index in [2.05, 4.69) is 32.7 Å². The zero-order chi connectivity index (χ0) is 21.9. The van der Waals surface area contributed by atoms with Crippen molar-refractivity contribution in [1.29, 1.82) is 5.26 Å². The highest BCUT2D eigenvalue weighted by Crippen LogP contribution is 2.42. The third kappa shape index (κ3) is 4.51. The van der Waals surface area contributed by atoms with Crippen LogP contribution in [0.3, 0.4) is 0 Å². The molecule has 1 aliphatic carbocycles. The first-order valence-electron chi connectivity index (χ1n) is 11.9. The van der Waals surface area contributed by atoms with Crippen molar-refractivity contribution in [3.8, 4) is 11.8 Å². The fourth-order valence-corrected chi connectivity index (χ4v) is 5.36. The Kier molecular flexibility index (Phi) is 6.13. The van der Waals surface area contributed by atoms with E-state index in [0.717, 1.165) is 23.4 Å². The topological polar surface area (TPSA) is 86.1 Å². The molecule has 3 aliphatic rings. The van der Waals surface area contributed by atoms with Gasteiger partial charge in [0.1, 0.15) is 0 Å². The van der Waals surface area contributed by atoms with Crippen molar-refractivity contribution in [3.05, 3.63) is 35.5 Å². The van der Waals surface area contributed by atoms with E-state index < -0.39 is 0 Å². The molecule has 1 aromatic carbocycles. The summed E-state index contributed by atoms with van der Waals surface area (Å²) in [5, 5.41) is 16.4. The molecule has 168 valence electrons. The average Bonchev–Trinajstić information content (AvgIpc) is 3.68. The van der Waals surface area contributed by atoms with Crippen molar-refractivity contribution in [1.82, 2.24) is 14.9 Å². The lowest BCUT2D eigenvalue weighted by Gasteiger charge is -2.44. The van der Waals surface area contributed by atoms with Gasteiger partial charge in [0, 0.05) is 18.3 Å². The molecule has 3 heterocycles. The molecule has 7 nitrogen and oxygen atoms in total. The number of piperidine rings is 2. The van der Waals surface area contributed by atoms with Crippen molar-refractivity contribution in [2.45, 2.75) is 56.9 Å². The molecule has 0 radical (unpaired) electrons. The number of hydrogen-bond acceptors (Lipinski definition) is 7. The van der Waals surface area contributed by atoms with Crippen LogP contribution in [0.2, 0.25) is 0 Å². The van der Waals surface area contributed by atoms with E-state index in [0.29, 0.717) is 35.4 Å². The van der Waals surface area contributed by atoms with E-state index >= 15 is 0 Å². The van der Waals surface area contributed by atoms with Crippen LogP contribution in [0.4, 0.5) is 17.5 Å². The Morgan fingerprint density at radius 2 is 2.03 bits per heavy atom. The van der Waals surface area contributed by atoms with Crippen LogP contribution in [0.5, 0.6) is 5.75 Å². The van der Waals surface area contributed by atoms with Crippen LogP contribution in [-0.2, 0) is 0 Å². The Balaban J connectivity index is 1.29. The number of anilines is 3. The Hall–Kier alpha value is -2.85. The van der Waals surface area contributed by atoms with Crippen LogP contribution in [-0.4, -0.2) is 47.7 Å². The van der Waals surface area contributed by atoms with Crippen molar-refractivity contribution in [3.63, 3.8) is 0 Å². The second-order valence-electron chi connectivity index (χ2n) is 9.31. The average molecular weight is 433 g/mol. The highest BCUT2D eigenvalue weighted by Gasteiger charge is 2.33. The molecule has 2 atom stereocenters. The van der Waals surface area contributed by atoms with Crippen molar-refractivity contribution in [2.24, 2.45) is 5.92 Å². The standard InChI is InChI=1S/C25H32N6O/c1-32-23-16-28-25(29-20-9-10-21(17-7-8-17)19(13-20)14-26)30-24(23)27-15-18-5-4-12-31-11-3-2-6-22(18)31/h9-10,13,16-18,22H,2-8,11-12,15H2,1H3,(H2,27,28,29,30)/t18-,22+/m0/s1. The lowest BCUT2D eigenvalue weighted by Crippen LogP contribution is -2.49.